The molecule has 1 aliphatic heterocycles. The second-order valence-electron chi connectivity index (χ2n) is 3.46. The first-order valence-corrected chi connectivity index (χ1v) is 4.33. The van der Waals surface area contributed by atoms with Crippen molar-refractivity contribution in [2.75, 3.05) is 34.2 Å². The molecule has 1 unspecified atom stereocenters. The van der Waals surface area contributed by atoms with Gasteiger partial charge < -0.3 is 4.90 Å². The van der Waals surface area contributed by atoms with Crippen molar-refractivity contribution < 1.29 is 0 Å². The predicted molar refractivity (Wildman–Crippen MR) is 51.6 cm³/mol. The maximum atomic E-state index is 8.64. The maximum absolute atomic E-state index is 8.64. The Labute approximate surface area is 79.6 Å². The first-order chi connectivity index (χ1) is 6.16. The molecule has 1 rings (SSSR count). The first-order valence-electron chi connectivity index (χ1n) is 4.33. The van der Waals surface area contributed by atoms with Crippen molar-refractivity contribution in [3.8, 4) is 6.07 Å². The summed E-state index contributed by atoms with van der Waals surface area (Å²) in [7, 11) is 6.09. The van der Waals surface area contributed by atoms with Gasteiger partial charge in [0.25, 0.3) is 0 Å². The van der Waals surface area contributed by atoms with Crippen LogP contribution in [0.5, 0.6) is 0 Å². The van der Waals surface area contributed by atoms with Gasteiger partial charge in [-0.2, -0.15) is 5.26 Å². The van der Waals surface area contributed by atoms with Gasteiger partial charge in [-0.15, -0.1) is 0 Å². The molecule has 0 aromatic carbocycles. The fraction of sp³-hybridized carbons (Fsp3) is 0.667. The number of nitriles is 1. The van der Waals surface area contributed by atoms with E-state index < -0.39 is 0 Å². The zero-order valence-corrected chi connectivity index (χ0v) is 8.44. The Bertz CT molecular complexity index is 228. The fourth-order valence-electron chi connectivity index (χ4n) is 1.68. The van der Waals surface area contributed by atoms with Crippen molar-refractivity contribution in [1.82, 2.24) is 14.7 Å². The SMILES string of the molecule is CN(C)C1N(C)CC=CN1CC#N. The smallest absolute Gasteiger partial charge is 0.139 e. The van der Waals surface area contributed by atoms with Crippen LogP contribution in [0, 0.1) is 11.3 Å². The lowest BCUT2D eigenvalue weighted by atomic mass is 10.3. The molecule has 4 nitrogen and oxygen atoms in total. The van der Waals surface area contributed by atoms with Gasteiger partial charge in [-0.1, -0.05) is 6.08 Å². The molecule has 13 heavy (non-hydrogen) atoms. The summed E-state index contributed by atoms with van der Waals surface area (Å²) >= 11 is 0. The fourth-order valence-corrected chi connectivity index (χ4v) is 1.68. The van der Waals surface area contributed by atoms with Crippen LogP contribution < -0.4 is 0 Å². The molecular weight excluding hydrogens is 164 g/mol. The summed E-state index contributed by atoms with van der Waals surface area (Å²) in [4.78, 5) is 6.31. The van der Waals surface area contributed by atoms with Gasteiger partial charge in [0, 0.05) is 12.7 Å². The molecule has 0 amide bonds. The Balaban J connectivity index is 2.73. The van der Waals surface area contributed by atoms with Crippen LogP contribution in [0.25, 0.3) is 0 Å². The topological polar surface area (TPSA) is 33.5 Å². The minimum absolute atomic E-state index is 0.199. The van der Waals surface area contributed by atoms with Gasteiger partial charge in [-0.3, -0.25) is 9.80 Å². The molecule has 0 aromatic rings. The van der Waals surface area contributed by atoms with Crippen molar-refractivity contribution in [2.24, 2.45) is 0 Å². The van der Waals surface area contributed by atoms with Crippen LogP contribution >= 0.6 is 0 Å². The van der Waals surface area contributed by atoms with Crippen molar-refractivity contribution >= 4 is 0 Å². The molecule has 1 heterocycles. The van der Waals surface area contributed by atoms with Gasteiger partial charge in [0.05, 0.1) is 6.07 Å². The normalized spacial score (nSPS) is 23.6. The predicted octanol–water partition coefficient (Wildman–Crippen LogP) is 0.116. The quantitative estimate of drug-likeness (QED) is 0.565. The van der Waals surface area contributed by atoms with Crippen LogP contribution in [0.1, 0.15) is 0 Å². The van der Waals surface area contributed by atoms with E-state index in [2.05, 4.69) is 29.0 Å². The zero-order chi connectivity index (χ0) is 9.84. The number of rotatable bonds is 2. The molecule has 1 atom stereocenters. The number of nitrogens with zero attached hydrogens (tertiary/aromatic N) is 4. The standard InChI is InChI=1S/C9H16N4/c1-11(2)9-12(3)6-4-7-13(9)8-5-10/h4,7,9H,6,8H2,1-3H3. The van der Waals surface area contributed by atoms with Gasteiger partial charge in [0.2, 0.25) is 0 Å². The van der Waals surface area contributed by atoms with Gasteiger partial charge in [0.15, 0.2) is 0 Å². The molecule has 4 heteroatoms. The monoisotopic (exact) mass is 180 g/mol. The van der Waals surface area contributed by atoms with E-state index in [1.807, 2.05) is 25.2 Å². The Morgan fingerprint density at radius 3 is 2.85 bits per heavy atom. The van der Waals surface area contributed by atoms with Gasteiger partial charge in [-0.25, -0.2) is 0 Å². The molecule has 0 saturated carbocycles. The van der Waals surface area contributed by atoms with E-state index in [4.69, 9.17) is 5.26 Å². The number of hydrogen-bond donors (Lipinski definition) is 0. The molecule has 0 saturated heterocycles. The van der Waals surface area contributed by atoms with E-state index in [-0.39, 0.29) is 6.29 Å². The van der Waals surface area contributed by atoms with Crippen molar-refractivity contribution in [3.63, 3.8) is 0 Å². The van der Waals surface area contributed by atoms with Gasteiger partial charge in [0.1, 0.15) is 12.8 Å². The highest BCUT2D eigenvalue weighted by atomic mass is 15.5. The summed E-state index contributed by atoms with van der Waals surface area (Å²) in [6, 6.07) is 2.16. The summed E-state index contributed by atoms with van der Waals surface area (Å²) in [5, 5.41) is 8.64. The highest BCUT2D eigenvalue weighted by Gasteiger charge is 2.23. The first kappa shape index (κ1) is 10.0. The van der Waals surface area contributed by atoms with Crippen LogP contribution in [0.2, 0.25) is 0 Å². The van der Waals surface area contributed by atoms with E-state index in [9.17, 15) is 0 Å². The lowest BCUT2D eigenvalue weighted by molar-refractivity contribution is -0.00419. The van der Waals surface area contributed by atoms with E-state index in [0.29, 0.717) is 6.54 Å². The Hall–Kier alpha value is -1.05. The molecular formula is C9H16N4. The Kier molecular flexibility index (Phi) is 3.29. The van der Waals surface area contributed by atoms with Crippen LogP contribution in [0.15, 0.2) is 12.3 Å². The summed E-state index contributed by atoms with van der Waals surface area (Å²) in [5.41, 5.74) is 0. The average molecular weight is 180 g/mol. The third-order valence-corrected chi connectivity index (χ3v) is 2.10. The summed E-state index contributed by atoms with van der Waals surface area (Å²) < 4.78 is 0. The number of hydrogen-bond acceptors (Lipinski definition) is 4. The molecule has 0 radical (unpaired) electrons. The zero-order valence-electron chi connectivity index (χ0n) is 8.44. The highest BCUT2D eigenvalue weighted by molar-refractivity contribution is 4.96. The minimum Gasteiger partial charge on any atom is -0.337 e. The third-order valence-electron chi connectivity index (χ3n) is 2.10. The molecule has 0 fully saturated rings. The van der Waals surface area contributed by atoms with E-state index in [1.54, 1.807) is 0 Å². The highest BCUT2D eigenvalue weighted by Crippen LogP contribution is 2.11. The van der Waals surface area contributed by atoms with Gasteiger partial charge in [-0.05, 0) is 21.1 Å². The largest absolute Gasteiger partial charge is 0.337 e. The average Bonchev–Trinajstić information content (AvgIpc) is 2.04. The molecule has 72 valence electrons. The molecule has 0 aliphatic carbocycles. The summed E-state index contributed by atoms with van der Waals surface area (Å²) in [6.07, 6.45) is 4.26. The van der Waals surface area contributed by atoms with Crippen molar-refractivity contribution in [3.05, 3.63) is 12.3 Å². The lowest BCUT2D eigenvalue weighted by Crippen LogP contribution is -2.54. The molecule has 0 N–H and O–H groups in total. The second kappa shape index (κ2) is 4.26. The maximum Gasteiger partial charge on any atom is 0.139 e. The van der Waals surface area contributed by atoms with Gasteiger partial charge >= 0.3 is 0 Å². The molecule has 0 spiro atoms. The second-order valence-corrected chi connectivity index (χ2v) is 3.46. The Morgan fingerprint density at radius 1 is 1.62 bits per heavy atom. The molecule has 0 aromatic heterocycles. The van der Waals surface area contributed by atoms with Crippen LogP contribution in [-0.4, -0.2) is 55.2 Å². The van der Waals surface area contributed by atoms with E-state index >= 15 is 0 Å². The molecule has 0 bridgehead atoms. The van der Waals surface area contributed by atoms with Crippen LogP contribution in [0.3, 0.4) is 0 Å². The molecule has 1 aliphatic rings. The van der Waals surface area contributed by atoms with E-state index in [0.717, 1.165) is 6.54 Å². The van der Waals surface area contributed by atoms with E-state index in [1.165, 1.54) is 0 Å². The third kappa shape index (κ3) is 2.20. The van der Waals surface area contributed by atoms with Crippen LogP contribution in [0.4, 0.5) is 0 Å². The van der Waals surface area contributed by atoms with Crippen molar-refractivity contribution in [2.45, 2.75) is 6.29 Å². The lowest BCUT2D eigenvalue weighted by Gasteiger charge is -2.42. The van der Waals surface area contributed by atoms with Crippen molar-refractivity contribution in [1.29, 1.82) is 5.26 Å². The summed E-state index contributed by atoms with van der Waals surface area (Å²) in [5.74, 6) is 0. The Morgan fingerprint density at radius 2 is 2.31 bits per heavy atom. The summed E-state index contributed by atoms with van der Waals surface area (Å²) in [6.45, 7) is 1.37. The minimum atomic E-state index is 0.199. The van der Waals surface area contributed by atoms with Crippen LogP contribution in [-0.2, 0) is 0 Å². The number of likely N-dealkylation sites (N-methyl/N-ethyl adjacent to an activating group) is 1.